The largest absolute Gasteiger partial charge is 0.497 e. The predicted octanol–water partition coefficient (Wildman–Crippen LogP) is 5.24. The lowest BCUT2D eigenvalue weighted by molar-refractivity contribution is 0.173. The van der Waals surface area contributed by atoms with E-state index in [9.17, 15) is 0 Å². The third-order valence-electron chi connectivity index (χ3n) is 6.40. The number of fused-ring (bicyclic) bond motifs is 3. The number of rotatable bonds is 3. The maximum atomic E-state index is 5.32. The molecule has 2 aromatic carbocycles. The van der Waals surface area contributed by atoms with E-state index in [2.05, 4.69) is 58.9 Å². The van der Waals surface area contributed by atoms with Crippen molar-refractivity contribution in [2.45, 2.75) is 51.7 Å². The first-order chi connectivity index (χ1) is 13.2. The smallest absolute Gasteiger partial charge is 0.118 e. The summed E-state index contributed by atoms with van der Waals surface area (Å²) in [6, 6.07) is 16.2. The summed E-state index contributed by atoms with van der Waals surface area (Å²) in [6.07, 6.45) is 5.02. The lowest BCUT2D eigenvalue weighted by Crippen LogP contribution is -2.31. The van der Waals surface area contributed by atoms with Crippen molar-refractivity contribution in [1.29, 1.82) is 0 Å². The van der Waals surface area contributed by atoms with E-state index >= 15 is 0 Å². The highest BCUT2D eigenvalue weighted by Crippen LogP contribution is 2.42. The minimum Gasteiger partial charge on any atom is -0.497 e. The van der Waals surface area contributed by atoms with Gasteiger partial charge in [-0.1, -0.05) is 23.8 Å². The van der Waals surface area contributed by atoms with Gasteiger partial charge in [0.25, 0.3) is 0 Å². The molecule has 0 amide bonds. The third-order valence-corrected chi connectivity index (χ3v) is 6.40. The molecule has 5 rings (SSSR count). The predicted molar refractivity (Wildman–Crippen MR) is 110 cm³/mol. The second kappa shape index (κ2) is 6.72. The van der Waals surface area contributed by atoms with Gasteiger partial charge in [0.15, 0.2) is 0 Å². The number of methoxy groups -OCH3 is 1. The van der Waals surface area contributed by atoms with Crippen molar-refractivity contribution in [2.24, 2.45) is 0 Å². The van der Waals surface area contributed by atoms with Gasteiger partial charge < -0.3 is 9.30 Å². The summed E-state index contributed by atoms with van der Waals surface area (Å²) in [5, 5.41) is 1.50. The first kappa shape index (κ1) is 16.9. The van der Waals surface area contributed by atoms with E-state index in [1.54, 1.807) is 18.4 Å². The minimum absolute atomic E-state index is 0.547. The van der Waals surface area contributed by atoms with Gasteiger partial charge in [-0.25, -0.2) is 0 Å². The molecule has 0 unspecified atom stereocenters. The van der Waals surface area contributed by atoms with Crippen molar-refractivity contribution in [2.75, 3.05) is 13.7 Å². The van der Waals surface area contributed by atoms with Gasteiger partial charge in [-0.2, -0.15) is 0 Å². The van der Waals surface area contributed by atoms with Crippen LogP contribution in [0.5, 0.6) is 5.75 Å². The average Bonchev–Trinajstić information content (AvgIpc) is 2.88. The van der Waals surface area contributed by atoms with Crippen molar-refractivity contribution in [1.82, 2.24) is 9.47 Å². The van der Waals surface area contributed by atoms with Gasteiger partial charge in [0.2, 0.25) is 0 Å². The number of aromatic nitrogens is 1. The molecular weight excluding hydrogens is 332 g/mol. The summed E-state index contributed by atoms with van der Waals surface area (Å²) in [4.78, 5) is 2.72. The zero-order chi connectivity index (χ0) is 18.4. The Hall–Kier alpha value is -2.26. The van der Waals surface area contributed by atoms with Crippen molar-refractivity contribution < 1.29 is 4.74 Å². The number of aryl methyl sites for hydroxylation is 3. The molecular formula is C24H28N2O. The molecule has 2 heterocycles. The number of ether oxygens (including phenoxy) is 1. The Kier molecular flexibility index (Phi) is 4.20. The van der Waals surface area contributed by atoms with Gasteiger partial charge >= 0.3 is 0 Å². The van der Waals surface area contributed by atoms with Crippen molar-refractivity contribution >= 4 is 10.9 Å². The molecule has 1 aromatic heterocycles. The monoisotopic (exact) mass is 360 g/mol. The molecule has 0 saturated carbocycles. The van der Waals surface area contributed by atoms with Crippen LogP contribution in [0.3, 0.4) is 0 Å². The normalized spacial score (nSPS) is 19.7. The van der Waals surface area contributed by atoms with Gasteiger partial charge in [-0.05, 0) is 68.0 Å². The Balaban J connectivity index is 1.55. The summed E-state index contributed by atoms with van der Waals surface area (Å²) in [7, 11) is 1.73. The average molecular weight is 361 g/mol. The van der Waals surface area contributed by atoms with Crippen LogP contribution in [0.1, 0.15) is 47.7 Å². The van der Waals surface area contributed by atoms with Gasteiger partial charge in [-0.15, -0.1) is 0 Å². The molecule has 0 N–H and O–H groups in total. The molecule has 0 radical (unpaired) electrons. The second-order valence-corrected chi connectivity index (χ2v) is 8.12. The highest BCUT2D eigenvalue weighted by molar-refractivity contribution is 5.86. The summed E-state index contributed by atoms with van der Waals surface area (Å²) in [6.45, 7) is 5.55. The lowest BCUT2D eigenvalue weighted by atomic mass is 9.90. The third kappa shape index (κ3) is 2.85. The van der Waals surface area contributed by atoms with E-state index in [0.717, 1.165) is 18.8 Å². The molecule has 0 bridgehead atoms. The van der Waals surface area contributed by atoms with Crippen molar-refractivity contribution in [3.8, 4) is 5.75 Å². The van der Waals surface area contributed by atoms with Crippen LogP contribution >= 0.6 is 0 Å². The second-order valence-electron chi connectivity index (χ2n) is 8.12. The molecule has 1 aliphatic heterocycles. The molecule has 3 heteroatoms. The Morgan fingerprint density at radius 2 is 1.89 bits per heavy atom. The van der Waals surface area contributed by atoms with Crippen LogP contribution in [0, 0.1) is 6.92 Å². The number of hydrogen-bond acceptors (Lipinski definition) is 2. The van der Waals surface area contributed by atoms with Crippen molar-refractivity contribution in [3.05, 3.63) is 64.8 Å². The number of benzene rings is 2. The molecule has 0 fully saturated rings. The van der Waals surface area contributed by atoms with E-state index in [-0.39, 0.29) is 0 Å². The van der Waals surface area contributed by atoms with Gasteiger partial charge in [0.1, 0.15) is 5.75 Å². The Labute approximate surface area is 161 Å². The SMILES string of the molecule is COc1ccc(CN2CCCn3c4c(c5cc(C)ccc53)CCC[C@H]42)cc1. The molecule has 27 heavy (non-hydrogen) atoms. The van der Waals surface area contributed by atoms with Gasteiger partial charge in [-0.3, -0.25) is 4.90 Å². The molecule has 0 spiro atoms. The van der Waals surface area contributed by atoms with Crippen LogP contribution < -0.4 is 4.74 Å². The fraction of sp³-hybridized carbons (Fsp3) is 0.417. The maximum Gasteiger partial charge on any atom is 0.118 e. The van der Waals surface area contributed by atoms with E-state index < -0.39 is 0 Å². The topological polar surface area (TPSA) is 17.4 Å². The van der Waals surface area contributed by atoms with E-state index in [1.165, 1.54) is 54.3 Å². The molecule has 3 nitrogen and oxygen atoms in total. The van der Waals surface area contributed by atoms with Crippen molar-refractivity contribution in [3.63, 3.8) is 0 Å². The van der Waals surface area contributed by atoms with Gasteiger partial charge in [0.05, 0.1) is 13.2 Å². The fourth-order valence-electron chi connectivity index (χ4n) is 5.15. The van der Waals surface area contributed by atoms with Crippen LogP contribution in [0.4, 0.5) is 0 Å². The molecule has 3 aromatic rings. The molecule has 1 atom stereocenters. The highest BCUT2D eigenvalue weighted by Gasteiger charge is 2.33. The summed E-state index contributed by atoms with van der Waals surface area (Å²) in [5.41, 5.74) is 7.42. The Morgan fingerprint density at radius 1 is 1.04 bits per heavy atom. The quantitative estimate of drug-likeness (QED) is 0.635. The van der Waals surface area contributed by atoms with E-state index in [0.29, 0.717) is 6.04 Å². The first-order valence-electron chi connectivity index (χ1n) is 10.2. The number of hydrogen-bond donors (Lipinski definition) is 0. The molecule has 140 valence electrons. The van der Waals surface area contributed by atoms with E-state index in [4.69, 9.17) is 4.74 Å². The van der Waals surface area contributed by atoms with Crippen LogP contribution in [0.25, 0.3) is 10.9 Å². The van der Waals surface area contributed by atoms with Crippen LogP contribution in [-0.2, 0) is 19.5 Å². The highest BCUT2D eigenvalue weighted by atomic mass is 16.5. The standard InChI is InChI=1S/C24H28N2O/c1-17-7-12-22-21(15-17)20-5-3-6-23-24(20)26(22)14-4-13-25(23)16-18-8-10-19(27-2)11-9-18/h7-12,15,23H,3-6,13-14,16H2,1-2H3/t23-/m1/s1. The molecule has 0 saturated heterocycles. The van der Waals surface area contributed by atoms with E-state index in [1.807, 2.05) is 0 Å². The maximum absolute atomic E-state index is 5.32. The summed E-state index contributed by atoms with van der Waals surface area (Å²) >= 11 is 0. The van der Waals surface area contributed by atoms with Crippen LogP contribution in [0.15, 0.2) is 42.5 Å². The molecule has 2 aliphatic rings. The molecule has 1 aliphatic carbocycles. The zero-order valence-electron chi connectivity index (χ0n) is 16.4. The zero-order valence-corrected chi connectivity index (χ0v) is 16.4. The first-order valence-corrected chi connectivity index (χ1v) is 10.2. The van der Waals surface area contributed by atoms with Crippen LogP contribution in [-0.4, -0.2) is 23.1 Å². The summed E-state index contributed by atoms with van der Waals surface area (Å²) < 4.78 is 7.96. The Bertz CT molecular complexity index is 966. The summed E-state index contributed by atoms with van der Waals surface area (Å²) in [5.74, 6) is 0.935. The lowest BCUT2D eigenvalue weighted by Gasteiger charge is -2.33. The minimum atomic E-state index is 0.547. The Morgan fingerprint density at radius 3 is 2.70 bits per heavy atom. The van der Waals surface area contributed by atoms with Gasteiger partial charge in [0, 0.05) is 36.2 Å². The number of nitrogens with zero attached hydrogens (tertiary/aromatic N) is 2. The fourth-order valence-corrected chi connectivity index (χ4v) is 5.15. The van der Waals surface area contributed by atoms with Crippen LogP contribution in [0.2, 0.25) is 0 Å².